The lowest BCUT2D eigenvalue weighted by atomic mass is 10.3. The van der Waals surface area contributed by atoms with E-state index in [0.29, 0.717) is 5.25 Å². The second kappa shape index (κ2) is 12.4. The Labute approximate surface area is 143 Å². The van der Waals surface area contributed by atoms with E-state index in [1.54, 1.807) is 6.26 Å². The highest BCUT2D eigenvalue weighted by atomic mass is 127. The number of thioether (sulfide) groups is 1. The van der Waals surface area contributed by atoms with E-state index in [1.807, 2.05) is 23.9 Å². The molecule has 0 fully saturated rings. The average Bonchev–Trinajstić information content (AvgIpc) is 2.94. The van der Waals surface area contributed by atoms with Gasteiger partial charge in [0, 0.05) is 24.8 Å². The fourth-order valence-electron chi connectivity index (χ4n) is 1.47. The summed E-state index contributed by atoms with van der Waals surface area (Å²) in [4.78, 5) is 4.59. The molecule has 6 heteroatoms. The van der Waals surface area contributed by atoms with Gasteiger partial charge in [0.25, 0.3) is 0 Å². The van der Waals surface area contributed by atoms with Crippen LogP contribution >= 0.6 is 35.7 Å². The predicted octanol–water partition coefficient (Wildman–Crippen LogP) is 3.14. The Morgan fingerprint density at radius 2 is 2.15 bits per heavy atom. The van der Waals surface area contributed by atoms with Gasteiger partial charge in [0.05, 0.1) is 12.8 Å². The fourth-order valence-corrected chi connectivity index (χ4v) is 1.69. The summed E-state index contributed by atoms with van der Waals surface area (Å²) in [7, 11) is 0. The predicted molar refractivity (Wildman–Crippen MR) is 99.4 cm³/mol. The molecule has 0 aromatic carbocycles. The first-order chi connectivity index (χ1) is 9.26. The molecular formula is C14H26IN3OS. The monoisotopic (exact) mass is 411 g/mol. The van der Waals surface area contributed by atoms with Gasteiger partial charge in [0.2, 0.25) is 0 Å². The quantitative estimate of drug-likeness (QED) is 0.392. The van der Waals surface area contributed by atoms with Crippen LogP contribution in [0.3, 0.4) is 0 Å². The first-order valence-electron chi connectivity index (χ1n) is 6.83. The van der Waals surface area contributed by atoms with Crippen LogP contribution in [0.5, 0.6) is 0 Å². The average molecular weight is 411 g/mol. The standard InChI is InChI=1S/C14H25N3OS.HI/c1-4-8-15-14(17-11-12(2)19-3)16-9-7-13-6-5-10-18-13;/h5-6,10,12H,4,7-9,11H2,1-3H3,(H2,15,16,17);1H. The molecule has 1 atom stereocenters. The van der Waals surface area contributed by atoms with E-state index in [2.05, 4.69) is 35.7 Å². The summed E-state index contributed by atoms with van der Waals surface area (Å²) in [5, 5.41) is 7.22. The van der Waals surface area contributed by atoms with Crippen molar-refractivity contribution in [2.45, 2.75) is 31.9 Å². The van der Waals surface area contributed by atoms with E-state index in [9.17, 15) is 0 Å². The lowest BCUT2D eigenvalue weighted by molar-refractivity contribution is 0.506. The molecule has 0 saturated heterocycles. The molecule has 116 valence electrons. The maximum Gasteiger partial charge on any atom is 0.191 e. The fraction of sp³-hybridized carbons (Fsp3) is 0.643. The number of aliphatic imine (C=N–C) groups is 1. The van der Waals surface area contributed by atoms with Gasteiger partial charge in [0.15, 0.2) is 5.96 Å². The Morgan fingerprint density at radius 3 is 2.75 bits per heavy atom. The zero-order valence-corrected chi connectivity index (χ0v) is 15.7. The van der Waals surface area contributed by atoms with E-state index in [0.717, 1.165) is 44.2 Å². The van der Waals surface area contributed by atoms with Crippen molar-refractivity contribution in [3.63, 3.8) is 0 Å². The molecular weight excluding hydrogens is 385 g/mol. The van der Waals surface area contributed by atoms with Gasteiger partial charge in [-0.3, -0.25) is 4.99 Å². The molecule has 2 N–H and O–H groups in total. The van der Waals surface area contributed by atoms with E-state index in [4.69, 9.17) is 4.42 Å². The van der Waals surface area contributed by atoms with Crippen molar-refractivity contribution in [3.05, 3.63) is 24.2 Å². The van der Waals surface area contributed by atoms with Gasteiger partial charge in [-0.1, -0.05) is 13.8 Å². The summed E-state index contributed by atoms with van der Waals surface area (Å²) < 4.78 is 5.31. The van der Waals surface area contributed by atoms with Gasteiger partial charge < -0.3 is 15.1 Å². The van der Waals surface area contributed by atoms with Crippen LogP contribution < -0.4 is 10.6 Å². The number of hydrogen-bond acceptors (Lipinski definition) is 3. The highest BCUT2D eigenvalue weighted by Crippen LogP contribution is 2.04. The van der Waals surface area contributed by atoms with E-state index >= 15 is 0 Å². The van der Waals surface area contributed by atoms with Crippen molar-refractivity contribution in [1.82, 2.24) is 10.6 Å². The minimum Gasteiger partial charge on any atom is -0.469 e. The topological polar surface area (TPSA) is 49.6 Å². The molecule has 0 aliphatic carbocycles. The Kier molecular flexibility index (Phi) is 12.1. The molecule has 0 aliphatic rings. The molecule has 0 saturated carbocycles. The number of hydrogen-bond donors (Lipinski definition) is 2. The molecule has 4 nitrogen and oxygen atoms in total. The van der Waals surface area contributed by atoms with Gasteiger partial charge in [-0.2, -0.15) is 11.8 Å². The molecule has 1 unspecified atom stereocenters. The first kappa shape index (κ1) is 19.6. The van der Waals surface area contributed by atoms with Crippen molar-refractivity contribution in [2.24, 2.45) is 4.99 Å². The number of rotatable bonds is 8. The molecule has 0 radical (unpaired) electrons. The molecule has 20 heavy (non-hydrogen) atoms. The zero-order valence-electron chi connectivity index (χ0n) is 12.5. The largest absolute Gasteiger partial charge is 0.469 e. The normalized spacial score (nSPS) is 12.7. The smallest absolute Gasteiger partial charge is 0.191 e. The SMILES string of the molecule is CCCNC(=NCC(C)SC)NCCc1ccco1.I. The number of furan rings is 1. The second-order valence-electron chi connectivity index (χ2n) is 4.42. The third-order valence-corrected chi connectivity index (χ3v) is 3.65. The van der Waals surface area contributed by atoms with Crippen LogP contribution in [0.2, 0.25) is 0 Å². The Balaban J connectivity index is 0.00000361. The van der Waals surface area contributed by atoms with Crippen LogP contribution in [-0.4, -0.2) is 37.1 Å². The van der Waals surface area contributed by atoms with Crippen LogP contribution in [0, 0.1) is 0 Å². The third kappa shape index (κ3) is 8.73. The number of halogens is 1. The van der Waals surface area contributed by atoms with Gasteiger partial charge in [-0.15, -0.1) is 24.0 Å². The van der Waals surface area contributed by atoms with Gasteiger partial charge >= 0.3 is 0 Å². The number of nitrogens with zero attached hydrogens (tertiary/aromatic N) is 1. The van der Waals surface area contributed by atoms with Gasteiger partial charge in [-0.05, 0) is 24.8 Å². The minimum atomic E-state index is 0. The molecule has 0 spiro atoms. The molecule has 1 rings (SSSR count). The Bertz CT molecular complexity index is 357. The molecule has 1 aromatic rings. The molecule has 1 aromatic heterocycles. The van der Waals surface area contributed by atoms with E-state index < -0.39 is 0 Å². The third-order valence-electron chi connectivity index (χ3n) is 2.70. The molecule has 1 heterocycles. The lowest BCUT2D eigenvalue weighted by Crippen LogP contribution is -2.39. The van der Waals surface area contributed by atoms with Crippen LogP contribution in [0.4, 0.5) is 0 Å². The zero-order chi connectivity index (χ0) is 13.9. The Hall–Kier alpha value is -0.370. The summed E-state index contributed by atoms with van der Waals surface area (Å²) in [6, 6.07) is 3.91. The summed E-state index contributed by atoms with van der Waals surface area (Å²) in [5.74, 6) is 1.90. The number of guanidine groups is 1. The second-order valence-corrected chi connectivity index (χ2v) is 5.69. The van der Waals surface area contributed by atoms with Crippen LogP contribution in [0.1, 0.15) is 26.0 Å². The van der Waals surface area contributed by atoms with Gasteiger partial charge in [-0.25, -0.2) is 0 Å². The van der Waals surface area contributed by atoms with Gasteiger partial charge in [0.1, 0.15) is 5.76 Å². The molecule has 0 bridgehead atoms. The maximum atomic E-state index is 5.31. The van der Waals surface area contributed by atoms with Crippen molar-refractivity contribution < 1.29 is 4.42 Å². The summed E-state index contributed by atoms with van der Waals surface area (Å²) in [6.07, 6.45) is 5.79. The van der Waals surface area contributed by atoms with Crippen molar-refractivity contribution in [2.75, 3.05) is 25.9 Å². The van der Waals surface area contributed by atoms with Crippen LogP contribution in [0.25, 0.3) is 0 Å². The van der Waals surface area contributed by atoms with E-state index in [-0.39, 0.29) is 24.0 Å². The highest BCUT2D eigenvalue weighted by molar-refractivity contribution is 14.0. The maximum absolute atomic E-state index is 5.31. The van der Waals surface area contributed by atoms with E-state index in [1.165, 1.54) is 0 Å². The number of nitrogens with one attached hydrogen (secondary N) is 2. The Morgan fingerprint density at radius 1 is 1.40 bits per heavy atom. The summed E-state index contributed by atoms with van der Waals surface area (Å²) >= 11 is 1.83. The lowest BCUT2D eigenvalue weighted by Gasteiger charge is -2.12. The highest BCUT2D eigenvalue weighted by Gasteiger charge is 2.02. The molecule has 0 amide bonds. The molecule has 0 aliphatic heterocycles. The minimum absolute atomic E-state index is 0. The first-order valence-corrected chi connectivity index (χ1v) is 8.12. The van der Waals surface area contributed by atoms with Crippen molar-refractivity contribution in [3.8, 4) is 0 Å². The van der Waals surface area contributed by atoms with Crippen molar-refractivity contribution >= 4 is 41.7 Å². The van der Waals surface area contributed by atoms with Crippen LogP contribution in [-0.2, 0) is 6.42 Å². The summed E-state index contributed by atoms with van der Waals surface area (Å²) in [5.41, 5.74) is 0. The summed E-state index contributed by atoms with van der Waals surface area (Å²) in [6.45, 7) is 6.95. The van der Waals surface area contributed by atoms with Crippen LogP contribution in [0.15, 0.2) is 27.8 Å². The van der Waals surface area contributed by atoms with Crippen molar-refractivity contribution in [1.29, 1.82) is 0 Å².